The molecular weight excluding hydrogens is 244 g/mol. The zero-order valence-electron chi connectivity index (χ0n) is 11.3. The fourth-order valence-corrected chi connectivity index (χ4v) is 3.28. The summed E-state index contributed by atoms with van der Waals surface area (Å²) in [6.45, 7) is 6.40. The number of benzene rings is 1. The van der Waals surface area contributed by atoms with E-state index in [-0.39, 0.29) is 0 Å². The number of hydrogen-bond acceptors (Lipinski definition) is 2. The lowest BCUT2D eigenvalue weighted by molar-refractivity contribution is 0.377. The first kappa shape index (κ1) is 13.7. The third-order valence-corrected chi connectivity index (χ3v) is 4.21. The Morgan fingerprint density at radius 1 is 1.39 bits per heavy atom. The number of nitrogens with zero attached hydrogens (tertiary/aromatic N) is 1. The van der Waals surface area contributed by atoms with Gasteiger partial charge in [-0.1, -0.05) is 30.7 Å². The van der Waals surface area contributed by atoms with Crippen molar-refractivity contribution < 1.29 is 0 Å². The molecule has 1 aromatic rings. The highest BCUT2D eigenvalue weighted by molar-refractivity contribution is 6.33. The smallest absolute Gasteiger partial charge is 0.0642 e. The van der Waals surface area contributed by atoms with Gasteiger partial charge in [-0.2, -0.15) is 0 Å². The molecule has 2 unspecified atom stereocenters. The first-order valence-corrected chi connectivity index (χ1v) is 7.25. The number of hydrogen-bond donors (Lipinski definition) is 1. The van der Waals surface area contributed by atoms with Crippen molar-refractivity contribution in [2.24, 2.45) is 11.7 Å². The number of para-hydroxylation sites is 1. The van der Waals surface area contributed by atoms with Crippen LogP contribution in [0.25, 0.3) is 0 Å². The highest BCUT2D eigenvalue weighted by Gasteiger charge is 2.25. The van der Waals surface area contributed by atoms with E-state index in [9.17, 15) is 0 Å². The van der Waals surface area contributed by atoms with E-state index in [4.69, 9.17) is 17.3 Å². The molecule has 0 radical (unpaired) electrons. The number of nitrogens with two attached hydrogens (primary N) is 1. The minimum Gasteiger partial charge on any atom is -0.367 e. The SMILES string of the molecule is CC1CCN(c2c(Cl)cccc2CCN)C(C)C1. The van der Waals surface area contributed by atoms with Gasteiger partial charge in [0.2, 0.25) is 0 Å². The molecule has 1 heterocycles. The van der Waals surface area contributed by atoms with Crippen molar-refractivity contribution in [1.82, 2.24) is 0 Å². The van der Waals surface area contributed by atoms with Gasteiger partial charge >= 0.3 is 0 Å². The van der Waals surface area contributed by atoms with Gasteiger partial charge < -0.3 is 10.6 Å². The molecule has 0 aromatic heterocycles. The molecule has 0 bridgehead atoms. The molecule has 1 aromatic carbocycles. The Kier molecular flexibility index (Phi) is 4.52. The number of anilines is 1. The quantitative estimate of drug-likeness (QED) is 0.908. The first-order valence-electron chi connectivity index (χ1n) is 6.87. The number of rotatable bonds is 3. The van der Waals surface area contributed by atoms with Crippen molar-refractivity contribution in [1.29, 1.82) is 0 Å². The molecular formula is C15H23ClN2. The van der Waals surface area contributed by atoms with Gasteiger partial charge in [0.15, 0.2) is 0 Å². The molecule has 2 atom stereocenters. The van der Waals surface area contributed by atoms with Gasteiger partial charge in [0.1, 0.15) is 0 Å². The molecule has 2 N–H and O–H groups in total. The van der Waals surface area contributed by atoms with Gasteiger partial charge in [-0.3, -0.25) is 0 Å². The van der Waals surface area contributed by atoms with Crippen LogP contribution in [0.3, 0.4) is 0 Å². The largest absolute Gasteiger partial charge is 0.367 e. The highest BCUT2D eigenvalue weighted by Crippen LogP contribution is 2.35. The zero-order chi connectivity index (χ0) is 13.1. The van der Waals surface area contributed by atoms with Gasteiger partial charge in [0.05, 0.1) is 10.7 Å². The lowest BCUT2D eigenvalue weighted by Crippen LogP contribution is -2.41. The Morgan fingerprint density at radius 3 is 2.83 bits per heavy atom. The van der Waals surface area contributed by atoms with Crippen LogP contribution in [0, 0.1) is 5.92 Å². The highest BCUT2D eigenvalue weighted by atomic mass is 35.5. The Hall–Kier alpha value is -0.730. The summed E-state index contributed by atoms with van der Waals surface area (Å²) < 4.78 is 0. The molecule has 1 aliphatic rings. The third-order valence-electron chi connectivity index (χ3n) is 3.91. The van der Waals surface area contributed by atoms with Crippen molar-refractivity contribution in [3.05, 3.63) is 28.8 Å². The van der Waals surface area contributed by atoms with E-state index < -0.39 is 0 Å². The molecule has 18 heavy (non-hydrogen) atoms. The predicted octanol–water partition coefficient (Wildman–Crippen LogP) is 3.47. The molecule has 2 rings (SSSR count). The number of piperidine rings is 1. The van der Waals surface area contributed by atoms with Crippen LogP contribution in [0.5, 0.6) is 0 Å². The lowest BCUT2D eigenvalue weighted by Gasteiger charge is -2.39. The van der Waals surface area contributed by atoms with Crippen molar-refractivity contribution in [2.45, 2.75) is 39.2 Å². The lowest BCUT2D eigenvalue weighted by atomic mass is 9.92. The van der Waals surface area contributed by atoms with Crippen molar-refractivity contribution in [3.8, 4) is 0 Å². The van der Waals surface area contributed by atoms with Crippen LogP contribution in [0.1, 0.15) is 32.3 Å². The summed E-state index contributed by atoms with van der Waals surface area (Å²) in [6.07, 6.45) is 3.39. The van der Waals surface area contributed by atoms with Crippen LogP contribution in [0.2, 0.25) is 5.02 Å². The predicted molar refractivity (Wildman–Crippen MR) is 79.4 cm³/mol. The number of halogens is 1. The fraction of sp³-hybridized carbons (Fsp3) is 0.600. The normalized spacial score (nSPS) is 24.3. The van der Waals surface area contributed by atoms with Crippen LogP contribution < -0.4 is 10.6 Å². The summed E-state index contributed by atoms with van der Waals surface area (Å²) in [6, 6.07) is 6.72. The first-order chi connectivity index (χ1) is 8.63. The molecule has 100 valence electrons. The van der Waals surface area contributed by atoms with E-state index in [1.807, 2.05) is 12.1 Å². The van der Waals surface area contributed by atoms with E-state index in [0.717, 1.165) is 23.9 Å². The molecule has 0 spiro atoms. The maximum Gasteiger partial charge on any atom is 0.0642 e. The summed E-state index contributed by atoms with van der Waals surface area (Å²) in [4.78, 5) is 2.47. The van der Waals surface area contributed by atoms with Gasteiger partial charge in [-0.25, -0.2) is 0 Å². The average Bonchev–Trinajstić information content (AvgIpc) is 2.31. The topological polar surface area (TPSA) is 29.3 Å². The van der Waals surface area contributed by atoms with Gasteiger partial charge in [-0.15, -0.1) is 0 Å². The zero-order valence-corrected chi connectivity index (χ0v) is 12.1. The summed E-state index contributed by atoms with van der Waals surface area (Å²) >= 11 is 6.42. The standard InChI is InChI=1S/C15H23ClN2/c1-11-7-9-18(12(2)10-11)15-13(6-8-17)4-3-5-14(15)16/h3-5,11-12H,6-10,17H2,1-2H3. The van der Waals surface area contributed by atoms with Crippen LogP contribution in [-0.4, -0.2) is 19.1 Å². The Labute approximate surface area is 115 Å². The van der Waals surface area contributed by atoms with E-state index in [2.05, 4.69) is 24.8 Å². The minimum absolute atomic E-state index is 0.560. The minimum atomic E-state index is 0.560. The second kappa shape index (κ2) is 5.94. The summed E-state index contributed by atoms with van der Waals surface area (Å²) in [5.41, 5.74) is 8.20. The second-order valence-corrected chi connectivity index (χ2v) is 5.87. The monoisotopic (exact) mass is 266 g/mol. The molecule has 1 saturated heterocycles. The van der Waals surface area contributed by atoms with Crippen molar-refractivity contribution >= 4 is 17.3 Å². The summed E-state index contributed by atoms with van der Waals surface area (Å²) in [5, 5.41) is 0.863. The fourth-order valence-electron chi connectivity index (χ4n) is 2.98. The second-order valence-electron chi connectivity index (χ2n) is 5.46. The molecule has 0 aliphatic carbocycles. The molecule has 0 amide bonds. The van der Waals surface area contributed by atoms with Gasteiger partial charge in [0.25, 0.3) is 0 Å². The summed E-state index contributed by atoms with van der Waals surface area (Å²) in [5.74, 6) is 0.816. The molecule has 1 fully saturated rings. The van der Waals surface area contributed by atoms with Crippen LogP contribution >= 0.6 is 11.6 Å². The maximum atomic E-state index is 6.42. The average molecular weight is 267 g/mol. The third kappa shape index (κ3) is 2.81. The van der Waals surface area contributed by atoms with E-state index >= 15 is 0 Å². The van der Waals surface area contributed by atoms with Crippen molar-refractivity contribution in [3.63, 3.8) is 0 Å². The summed E-state index contributed by atoms with van der Waals surface area (Å²) in [7, 11) is 0. The molecule has 3 heteroatoms. The van der Waals surface area contributed by atoms with Crippen LogP contribution in [0.15, 0.2) is 18.2 Å². The van der Waals surface area contributed by atoms with Crippen LogP contribution in [-0.2, 0) is 6.42 Å². The Bertz CT molecular complexity index is 405. The Balaban J connectivity index is 2.31. The van der Waals surface area contributed by atoms with Crippen LogP contribution in [0.4, 0.5) is 5.69 Å². The maximum absolute atomic E-state index is 6.42. The van der Waals surface area contributed by atoms with Crippen molar-refractivity contribution in [2.75, 3.05) is 18.0 Å². The Morgan fingerprint density at radius 2 is 2.17 bits per heavy atom. The van der Waals surface area contributed by atoms with Gasteiger partial charge in [0, 0.05) is 12.6 Å². The molecule has 2 nitrogen and oxygen atoms in total. The van der Waals surface area contributed by atoms with E-state index in [1.54, 1.807) is 0 Å². The van der Waals surface area contributed by atoms with E-state index in [1.165, 1.54) is 24.1 Å². The van der Waals surface area contributed by atoms with Gasteiger partial charge in [-0.05, 0) is 50.3 Å². The van der Waals surface area contributed by atoms with E-state index in [0.29, 0.717) is 12.6 Å². The molecule has 1 aliphatic heterocycles. The molecule has 0 saturated carbocycles.